The molecule has 0 bridgehead atoms. The summed E-state index contributed by atoms with van der Waals surface area (Å²) < 4.78 is 7.41. The lowest BCUT2D eigenvalue weighted by Gasteiger charge is -2.09. The molecule has 1 aromatic heterocycles. The van der Waals surface area contributed by atoms with E-state index in [9.17, 15) is 0 Å². The summed E-state index contributed by atoms with van der Waals surface area (Å²) >= 11 is 0. The van der Waals surface area contributed by atoms with Crippen LogP contribution in [0.25, 0.3) is 10.9 Å². The quantitative estimate of drug-likeness (QED) is 0.746. The Morgan fingerprint density at radius 1 is 1.25 bits per heavy atom. The first-order valence-corrected chi connectivity index (χ1v) is 7.48. The van der Waals surface area contributed by atoms with Gasteiger partial charge in [-0.1, -0.05) is 26.0 Å². The molecule has 0 fully saturated rings. The van der Waals surface area contributed by atoms with Gasteiger partial charge >= 0.3 is 0 Å². The van der Waals surface area contributed by atoms with E-state index in [1.54, 1.807) is 7.11 Å². The molecule has 0 aliphatic heterocycles. The Balaban J connectivity index is 2.04. The van der Waals surface area contributed by atoms with Crippen molar-refractivity contribution in [2.75, 3.05) is 20.3 Å². The van der Waals surface area contributed by atoms with E-state index >= 15 is 0 Å². The SMILES string of the molecule is COCCNCc1ccc2ccn(CCC(C)C)c2c1. The molecule has 0 radical (unpaired) electrons. The van der Waals surface area contributed by atoms with Crippen molar-refractivity contribution in [2.24, 2.45) is 5.92 Å². The maximum absolute atomic E-state index is 5.04. The Hall–Kier alpha value is -1.32. The first-order valence-electron chi connectivity index (χ1n) is 7.48. The van der Waals surface area contributed by atoms with Crippen LogP contribution in [0.5, 0.6) is 0 Å². The molecule has 0 amide bonds. The van der Waals surface area contributed by atoms with Crippen LogP contribution in [0.4, 0.5) is 0 Å². The van der Waals surface area contributed by atoms with Crippen LogP contribution >= 0.6 is 0 Å². The highest BCUT2D eigenvalue weighted by atomic mass is 16.5. The predicted molar refractivity (Wildman–Crippen MR) is 85.0 cm³/mol. The van der Waals surface area contributed by atoms with Gasteiger partial charge in [-0.25, -0.2) is 0 Å². The number of rotatable bonds is 8. The number of fused-ring (bicyclic) bond motifs is 1. The fraction of sp³-hybridized carbons (Fsp3) is 0.529. The standard InChI is InChI=1S/C17H26N2O/c1-14(2)6-9-19-10-7-16-5-4-15(12-17(16)19)13-18-8-11-20-3/h4-5,7,10,12,14,18H,6,8-9,11,13H2,1-3H3. The Kier molecular flexibility index (Phi) is 5.62. The molecule has 2 aromatic rings. The van der Waals surface area contributed by atoms with Crippen molar-refractivity contribution >= 4 is 10.9 Å². The predicted octanol–water partition coefficient (Wildman–Crippen LogP) is 3.42. The molecule has 2 rings (SSSR count). The molecule has 0 unspecified atom stereocenters. The minimum Gasteiger partial charge on any atom is -0.383 e. The lowest BCUT2D eigenvalue weighted by molar-refractivity contribution is 0.199. The number of methoxy groups -OCH3 is 1. The molecule has 1 N–H and O–H groups in total. The highest BCUT2D eigenvalue weighted by Crippen LogP contribution is 2.19. The van der Waals surface area contributed by atoms with Crippen molar-refractivity contribution in [3.63, 3.8) is 0 Å². The monoisotopic (exact) mass is 274 g/mol. The maximum atomic E-state index is 5.04. The van der Waals surface area contributed by atoms with Gasteiger partial charge in [0.25, 0.3) is 0 Å². The van der Waals surface area contributed by atoms with Crippen molar-refractivity contribution in [2.45, 2.75) is 33.4 Å². The molecule has 0 atom stereocenters. The van der Waals surface area contributed by atoms with Crippen molar-refractivity contribution in [1.82, 2.24) is 9.88 Å². The molecule has 0 aliphatic rings. The third kappa shape index (κ3) is 4.09. The third-order valence-corrected chi connectivity index (χ3v) is 3.60. The summed E-state index contributed by atoms with van der Waals surface area (Å²) in [6.45, 7) is 8.19. The number of nitrogens with one attached hydrogen (secondary N) is 1. The highest BCUT2D eigenvalue weighted by molar-refractivity contribution is 5.80. The number of aryl methyl sites for hydroxylation is 1. The van der Waals surface area contributed by atoms with Gasteiger partial charge in [-0.15, -0.1) is 0 Å². The van der Waals surface area contributed by atoms with Gasteiger partial charge < -0.3 is 14.6 Å². The molecule has 0 saturated heterocycles. The van der Waals surface area contributed by atoms with E-state index in [1.807, 2.05) is 0 Å². The molecule has 1 aromatic carbocycles. The van der Waals surface area contributed by atoms with Crippen LogP contribution in [0.1, 0.15) is 25.8 Å². The first kappa shape index (κ1) is 15.1. The fourth-order valence-electron chi connectivity index (χ4n) is 2.34. The van der Waals surface area contributed by atoms with E-state index in [0.29, 0.717) is 0 Å². The molecule has 110 valence electrons. The zero-order valence-corrected chi connectivity index (χ0v) is 12.9. The summed E-state index contributed by atoms with van der Waals surface area (Å²) in [6.07, 6.45) is 3.43. The highest BCUT2D eigenvalue weighted by Gasteiger charge is 2.03. The largest absolute Gasteiger partial charge is 0.383 e. The Morgan fingerprint density at radius 3 is 2.85 bits per heavy atom. The molecule has 3 nitrogen and oxygen atoms in total. The summed E-state index contributed by atoms with van der Waals surface area (Å²) in [4.78, 5) is 0. The molecule has 0 saturated carbocycles. The van der Waals surface area contributed by atoms with E-state index in [-0.39, 0.29) is 0 Å². The number of aromatic nitrogens is 1. The smallest absolute Gasteiger partial charge is 0.0587 e. The van der Waals surface area contributed by atoms with E-state index < -0.39 is 0 Å². The van der Waals surface area contributed by atoms with Gasteiger partial charge in [0.15, 0.2) is 0 Å². The van der Waals surface area contributed by atoms with Crippen molar-refractivity contribution in [3.8, 4) is 0 Å². The van der Waals surface area contributed by atoms with Crippen LogP contribution in [0, 0.1) is 5.92 Å². The fourth-order valence-corrected chi connectivity index (χ4v) is 2.34. The lowest BCUT2D eigenvalue weighted by atomic mass is 10.1. The Bertz CT molecular complexity index is 531. The second-order valence-corrected chi connectivity index (χ2v) is 5.75. The van der Waals surface area contributed by atoms with E-state index in [1.165, 1.54) is 22.9 Å². The lowest BCUT2D eigenvalue weighted by Crippen LogP contribution is -2.18. The number of ether oxygens (including phenoxy) is 1. The summed E-state index contributed by atoms with van der Waals surface area (Å²) in [5.74, 6) is 0.742. The van der Waals surface area contributed by atoms with Crippen LogP contribution in [0.15, 0.2) is 30.5 Å². The van der Waals surface area contributed by atoms with Gasteiger partial charge in [0.2, 0.25) is 0 Å². The average molecular weight is 274 g/mol. The van der Waals surface area contributed by atoms with Crippen LogP contribution in [-0.4, -0.2) is 24.8 Å². The zero-order chi connectivity index (χ0) is 14.4. The van der Waals surface area contributed by atoms with Crippen molar-refractivity contribution in [1.29, 1.82) is 0 Å². The van der Waals surface area contributed by atoms with E-state index in [2.05, 4.69) is 54.2 Å². The number of hydrogen-bond donors (Lipinski definition) is 1. The molecule has 0 spiro atoms. The minimum absolute atomic E-state index is 0.742. The summed E-state index contributed by atoms with van der Waals surface area (Å²) in [5.41, 5.74) is 2.68. The second kappa shape index (κ2) is 7.46. The molecule has 0 aliphatic carbocycles. The molecule has 3 heteroatoms. The normalized spacial score (nSPS) is 11.6. The second-order valence-electron chi connectivity index (χ2n) is 5.75. The van der Waals surface area contributed by atoms with E-state index in [4.69, 9.17) is 4.74 Å². The topological polar surface area (TPSA) is 26.2 Å². The zero-order valence-electron chi connectivity index (χ0n) is 12.9. The summed E-state index contributed by atoms with van der Waals surface area (Å²) in [5, 5.41) is 4.72. The summed E-state index contributed by atoms with van der Waals surface area (Å²) in [7, 11) is 1.73. The van der Waals surface area contributed by atoms with Gasteiger partial charge in [0, 0.05) is 38.5 Å². The molecule has 20 heavy (non-hydrogen) atoms. The van der Waals surface area contributed by atoms with Gasteiger partial charge in [0.05, 0.1) is 6.61 Å². The maximum Gasteiger partial charge on any atom is 0.0587 e. The average Bonchev–Trinajstić information content (AvgIpc) is 2.84. The molecular formula is C17H26N2O. The Morgan fingerprint density at radius 2 is 2.10 bits per heavy atom. The van der Waals surface area contributed by atoms with Gasteiger partial charge in [-0.05, 0) is 35.4 Å². The van der Waals surface area contributed by atoms with Crippen molar-refractivity contribution in [3.05, 3.63) is 36.0 Å². The Labute approximate surface area is 121 Å². The van der Waals surface area contributed by atoms with Crippen LogP contribution in [0.3, 0.4) is 0 Å². The molecular weight excluding hydrogens is 248 g/mol. The minimum atomic E-state index is 0.742. The van der Waals surface area contributed by atoms with Crippen LogP contribution in [-0.2, 0) is 17.8 Å². The van der Waals surface area contributed by atoms with Gasteiger partial charge in [-0.2, -0.15) is 0 Å². The van der Waals surface area contributed by atoms with Gasteiger partial charge in [0.1, 0.15) is 0 Å². The third-order valence-electron chi connectivity index (χ3n) is 3.60. The number of benzene rings is 1. The molecule has 1 heterocycles. The number of nitrogens with zero attached hydrogens (tertiary/aromatic N) is 1. The van der Waals surface area contributed by atoms with Crippen LogP contribution in [0.2, 0.25) is 0 Å². The summed E-state index contributed by atoms with van der Waals surface area (Å²) in [6, 6.07) is 8.93. The van der Waals surface area contributed by atoms with E-state index in [0.717, 1.165) is 32.2 Å². The first-order chi connectivity index (χ1) is 9.70. The van der Waals surface area contributed by atoms with Gasteiger partial charge in [-0.3, -0.25) is 0 Å². The van der Waals surface area contributed by atoms with Crippen LogP contribution < -0.4 is 5.32 Å². The number of hydrogen-bond acceptors (Lipinski definition) is 2. The van der Waals surface area contributed by atoms with Crippen molar-refractivity contribution < 1.29 is 4.74 Å².